The van der Waals surface area contributed by atoms with Gasteiger partial charge in [0.05, 0.1) is 5.52 Å². The van der Waals surface area contributed by atoms with Crippen LogP contribution < -0.4 is 5.76 Å². The number of nitrogens with zero attached hydrogens (tertiary/aromatic N) is 5. The predicted molar refractivity (Wildman–Crippen MR) is 96.4 cm³/mol. The van der Waals surface area contributed by atoms with Crippen molar-refractivity contribution in [1.82, 2.24) is 30.1 Å². The Hall–Kier alpha value is -3.26. The van der Waals surface area contributed by atoms with Gasteiger partial charge in [0, 0.05) is 25.2 Å². The van der Waals surface area contributed by atoms with E-state index in [1.165, 1.54) is 0 Å². The van der Waals surface area contributed by atoms with E-state index in [1.807, 2.05) is 43.4 Å². The Kier molecular flexibility index (Phi) is 4.32. The third-order valence-electron chi connectivity index (χ3n) is 4.26. The molecule has 2 heterocycles. The van der Waals surface area contributed by atoms with Gasteiger partial charge in [-0.05, 0) is 36.0 Å². The summed E-state index contributed by atoms with van der Waals surface area (Å²) < 4.78 is 6.94. The van der Waals surface area contributed by atoms with E-state index in [2.05, 4.69) is 31.6 Å². The van der Waals surface area contributed by atoms with Crippen LogP contribution in [0.15, 0.2) is 57.7 Å². The zero-order valence-electron chi connectivity index (χ0n) is 14.3. The highest BCUT2D eigenvalue weighted by atomic mass is 16.4. The molecule has 0 atom stereocenters. The molecule has 0 spiro atoms. The molecule has 4 rings (SSSR count). The van der Waals surface area contributed by atoms with E-state index in [4.69, 9.17) is 4.42 Å². The van der Waals surface area contributed by atoms with E-state index < -0.39 is 0 Å². The van der Waals surface area contributed by atoms with Crippen molar-refractivity contribution in [3.05, 3.63) is 64.6 Å². The molecule has 0 bridgehead atoms. The molecule has 0 radical (unpaired) electrons. The number of H-pyrrole nitrogens is 1. The molecular formula is C18H18N6O2. The van der Waals surface area contributed by atoms with Crippen molar-refractivity contribution < 1.29 is 4.42 Å². The monoisotopic (exact) mass is 350 g/mol. The summed E-state index contributed by atoms with van der Waals surface area (Å²) in [6, 6.07) is 15.5. The van der Waals surface area contributed by atoms with E-state index in [0.29, 0.717) is 18.0 Å². The summed E-state index contributed by atoms with van der Waals surface area (Å²) in [6.07, 6.45) is 0. The molecule has 0 fully saturated rings. The van der Waals surface area contributed by atoms with Gasteiger partial charge in [0.1, 0.15) is 0 Å². The number of fused-ring (bicyclic) bond motifs is 1. The lowest BCUT2D eigenvalue weighted by atomic mass is 10.1. The molecule has 26 heavy (non-hydrogen) atoms. The quantitative estimate of drug-likeness (QED) is 0.571. The Balaban J connectivity index is 1.44. The number of rotatable bonds is 6. The van der Waals surface area contributed by atoms with Gasteiger partial charge >= 0.3 is 5.76 Å². The summed E-state index contributed by atoms with van der Waals surface area (Å²) in [7, 11) is 2.02. The number of tetrazole rings is 1. The Bertz CT molecular complexity index is 1070. The second kappa shape index (κ2) is 6.93. The summed E-state index contributed by atoms with van der Waals surface area (Å²) in [6.45, 7) is 2.03. The van der Waals surface area contributed by atoms with Crippen LogP contribution in [0.2, 0.25) is 0 Å². The van der Waals surface area contributed by atoms with E-state index in [9.17, 15) is 4.79 Å². The fraction of sp³-hybridized carbons (Fsp3) is 0.222. The number of oxazole rings is 1. The van der Waals surface area contributed by atoms with Crippen LogP contribution in [0.25, 0.3) is 22.5 Å². The van der Waals surface area contributed by atoms with Gasteiger partial charge in [-0.2, -0.15) is 5.21 Å². The Morgan fingerprint density at radius 1 is 1.19 bits per heavy atom. The molecule has 0 saturated carbocycles. The largest absolute Gasteiger partial charge is 0.419 e. The van der Waals surface area contributed by atoms with Crippen molar-refractivity contribution in [3.63, 3.8) is 0 Å². The average molecular weight is 350 g/mol. The van der Waals surface area contributed by atoms with Gasteiger partial charge in [0.25, 0.3) is 0 Å². The van der Waals surface area contributed by atoms with Crippen LogP contribution in [0.5, 0.6) is 0 Å². The topological polar surface area (TPSA) is 92.8 Å². The van der Waals surface area contributed by atoms with Crippen LogP contribution in [-0.2, 0) is 13.1 Å². The van der Waals surface area contributed by atoms with Crippen LogP contribution in [0.4, 0.5) is 0 Å². The molecular weight excluding hydrogens is 332 g/mol. The van der Waals surface area contributed by atoms with Gasteiger partial charge in [0.15, 0.2) is 5.58 Å². The number of hydrogen-bond acceptors (Lipinski definition) is 6. The summed E-state index contributed by atoms with van der Waals surface area (Å²) in [5.41, 5.74) is 3.50. The van der Waals surface area contributed by atoms with Crippen LogP contribution in [-0.4, -0.2) is 43.7 Å². The minimum atomic E-state index is -0.321. The van der Waals surface area contributed by atoms with Gasteiger partial charge in [0.2, 0.25) is 5.82 Å². The maximum absolute atomic E-state index is 12.0. The highest BCUT2D eigenvalue weighted by Gasteiger charge is 2.10. The van der Waals surface area contributed by atoms with Crippen LogP contribution >= 0.6 is 0 Å². The molecule has 2 aromatic carbocycles. The van der Waals surface area contributed by atoms with Crippen molar-refractivity contribution in [1.29, 1.82) is 0 Å². The molecule has 8 heteroatoms. The highest BCUT2D eigenvalue weighted by Crippen LogP contribution is 2.16. The number of likely N-dealkylation sites (N-methyl/N-ethyl adjacent to an activating group) is 1. The first-order valence-corrected chi connectivity index (χ1v) is 8.30. The molecule has 132 valence electrons. The lowest BCUT2D eigenvalue weighted by molar-refractivity contribution is 0.308. The molecule has 0 saturated heterocycles. The molecule has 0 aliphatic carbocycles. The van der Waals surface area contributed by atoms with Crippen LogP contribution in [0.3, 0.4) is 0 Å². The average Bonchev–Trinajstić information content (AvgIpc) is 3.28. The van der Waals surface area contributed by atoms with E-state index >= 15 is 0 Å². The smallest absolute Gasteiger partial charge is 0.408 e. The fourth-order valence-corrected chi connectivity index (χ4v) is 2.98. The standard InChI is InChI=1S/C18H18N6O2/c1-23(9-10-24-15-7-2-3-8-16(15)26-18(24)25)12-13-5-4-6-14(11-13)17-19-21-22-20-17/h2-8,11H,9-10,12H2,1H3,(H,19,20,21,22). The molecule has 8 nitrogen and oxygen atoms in total. The van der Waals surface area contributed by atoms with Crippen molar-refractivity contribution in [2.75, 3.05) is 13.6 Å². The molecule has 0 aliphatic rings. The summed E-state index contributed by atoms with van der Waals surface area (Å²) in [5.74, 6) is 0.254. The first kappa shape index (κ1) is 16.2. The fourth-order valence-electron chi connectivity index (χ4n) is 2.98. The van der Waals surface area contributed by atoms with E-state index in [1.54, 1.807) is 10.6 Å². The number of aromatic nitrogens is 5. The number of nitrogens with one attached hydrogen (secondary N) is 1. The molecule has 4 aromatic rings. The number of benzene rings is 2. The maximum atomic E-state index is 12.0. The second-order valence-electron chi connectivity index (χ2n) is 6.16. The van der Waals surface area contributed by atoms with E-state index in [-0.39, 0.29) is 5.76 Å². The van der Waals surface area contributed by atoms with Crippen molar-refractivity contribution in [3.8, 4) is 11.4 Å². The highest BCUT2D eigenvalue weighted by molar-refractivity contribution is 5.72. The Morgan fingerprint density at radius 2 is 2.08 bits per heavy atom. The van der Waals surface area contributed by atoms with E-state index in [0.717, 1.165) is 29.7 Å². The van der Waals surface area contributed by atoms with Crippen molar-refractivity contribution in [2.45, 2.75) is 13.1 Å². The Morgan fingerprint density at radius 3 is 2.92 bits per heavy atom. The molecule has 0 unspecified atom stereocenters. The van der Waals surface area contributed by atoms with Crippen molar-refractivity contribution >= 4 is 11.1 Å². The summed E-state index contributed by atoms with van der Waals surface area (Å²) in [4.78, 5) is 14.2. The Labute approximate surface area is 149 Å². The van der Waals surface area contributed by atoms with Crippen LogP contribution in [0, 0.1) is 0 Å². The summed E-state index contributed by atoms with van der Waals surface area (Å²) >= 11 is 0. The second-order valence-corrected chi connectivity index (χ2v) is 6.16. The third-order valence-corrected chi connectivity index (χ3v) is 4.26. The van der Waals surface area contributed by atoms with Gasteiger partial charge in [-0.1, -0.05) is 30.3 Å². The number of hydrogen-bond donors (Lipinski definition) is 1. The molecule has 1 N–H and O–H groups in total. The van der Waals surface area contributed by atoms with Gasteiger partial charge < -0.3 is 9.32 Å². The van der Waals surface area contributed by atoms with Gasteiger partial charge in [-0.15, -0.1) is 10.2 Å². The lowest BCUT2D eigenvalue weighted by Crippen LogP contribution is -2.26. The first-order valence-electron chi connectivity index (χ1n) is 8.30. The predicted octanol–water partition coefficient (Wildman–Crippen LogP) is 1.91. The van der Waals surface area contributed by atoms with Gasteiger partial charge in [-0.3, -0.25) is 4.57 Å². The van der Waals surface area contributed by atoms with Gasteiger partial charge in [-0.25, -0.2) is 4.79 Å². The zero-order chi connectivity index (χ0) is 17.9. The normalized spacial score (nSPS) is 11.5. The number of para-hydroxylation sites is 2. The maximum Gasteiger partial charge on any atom is 0.419 e. The molecule has 0 aliphatic heterocycles. The van der Waals surface area contributed by atoms with Crippen LogP contribution in [0.1, 0.15) is 5.56 Å². The summed E-state index contributed by atoms with van der Waals surface area (Å²) in [5, 5.41) is 14.1. The minimum absolute atomic E-state index is 0.321. The molecule has 0 amide bonds. The SMILES string of the molecule is CN(CCn1c(=O)oc2ccccc21)Cc1cccc(-c2nn[nH]n2)c1. The number of aromatic amines is 1. The lowest BCUT2D eigenvalue weighted by Gasteiger charge is -2.17. The third kappa shape index (κ3) is 3.27. The van der Waals surface area contributed by atoms with Crippen molar-refractivity contribution in [2.24, 2.45) is 0 Å². The first-order chi connectivity index (χ1) is 12.7. The zero-order valence-corrected chi connectivity index (χ0v) is 14.3. The molecule has 2 aromatic heterocycles. The minimum Gasteiger partial charge on any atom is -0.408 e.